The Morgan fingerprint density at radius 1 is 1.44 bits per heavy atom. The van der Waals surface area contributed by atoms with Crippen molar-refractivity contribution < 1.29 is 13.9 Å². The Balaban J connectivity index is 2.22. The molecule has 4 heteroatoms. The van der Waals surface area contributed by atoms with Crippen LogP contribution in [0.25, 0.3) is 0 Å². The molecule has 0 bridgehead atoms. The van der Waals surface area contributed by atoms with E-state index in [-0.39, 0.29) is 11.8 Å². The van der Waals surface area contributed by atoms with Gasteiger partial charge >= 0.3 is 5.97 Å². The number of halogens is 1. The zero-order valence-electron chi connectivity index (χ0n) is 8.92. The summed E-state index contributed by atoms with van der Waals surface area (Å²) in [6, 6.07) is 6.34. The molecule has 1 aliphatic rings. The van der Waals surface area contributed by atoms with Crippen LogP contribution in [-0.4, -0.2) is 12.6 Å². The summed E-state index contributed by atoms with van der Waals surface area (Å²) in [6.45, 7) is 2.15. The number of carbonyl (C=O) groups excluding carboxylic acids is 1. The normalized spacial score (nSPS) is 18.2. The summed E-state index contributed by atoms with van der Waals surface area (Å²) in [5.41, 5.74) is 1.60. The van der Waals surface area contributed by atoms with Crippen LogP contribution < -0.4 is 5.32 Å². The van der Waals surface area contributed by atoms with Gasteiger partial charge in [0.15, 0.2) is 0 Å². The molecule has 0 aliphatic carbocycles. The second-order valence-electron chi connectivity index (χ2n) is 3.59. The Hall–Kier alpha value is -1.84. The van der Waals surface area contributed by atoms with Gasteiger partial charge in [-0.3, -0.25) is 0 Å². The molecule has 0 saturated carbocycles. The summed E-state index contributed by atoms with van der Waals surface area (Å²) >= 11 is 0. The van der Waals surface area contributed by atoms with Crippen LogP contribution in [0.2, 0.25) is 0 Å². The van der Waals surface area contributed by atoms with E-state index in [0.29, 0.717) is 30.0 Å². The maximum Gasteiger partial charge on any atom is 0.335 e. The number of hydrogen-bond donors (Lipinski definition) is 1. The van der Waals surface area contributed by atoms with E-state index in [1.807, 2.05) is 0 Å². The van der Waals surface area contributed by atoms with E-state index < -0.39 is 0 Å². The van der Waals surface area contributed by atoms with Crippen molar-refractivity contribution >= 4 is 11.7 Å². The summed E-state index contributed by atoms with van der Waals surface area (Å²) < 4.78 is 18.2. The number of rotatable bonds is 2. The topological polar surface area (TPSA) is 38.3 Å². The van der Waals surface area contributed by atoms with Gasteiger partial charge in [0.25, 0.3) is 0 Å². The van der Waals surface area contributed by atoms with Gasteiger partial charge in [-0.25, -0.2) is 9.18 Å². The number of cyclic esters (lactones) is 1. The predicted octanol–water partition coefficient (Wildman–Crippen LogP) is 2.46. The molecule has 0 spiro atoms. The van der Waals surface area contributed by atoms with E-state index in [0.717, 1.165) is 0 Å². The molecule has 0 aromatic heterocycles. The molecule has 3 nitrogen and oxygen atoms in total. The average Bonchev–Trinajstić information content (AvgIpc) is 2.68. The van der Waals surface area contributed by atoms with Gasteiger partial charge in [-0.05, 0) is 19.1 Å². The third-order valence-corrected chi connectivity index (χ3v) is 2.48. The SMILES string of the molecule is C/C(Nc1ccccc1F)=C1\CCOC1=O. The van der Waals surface area contributed by atoms with Crippen LogP contribution in [0.5, 0.6) is 0 Å². The van der Waals surface area contributed by atoms with Crippen LogP contribution in [-0.2, 0) is 9.53 Å². The highest BCUT2D eigenvalue weighted by molar-refractivity contribution is 5.91. The minimum atomic E-state index is -0.339. The molecule has 0 amide bonds. The van der Waals surface area contributed by atoms with Crippen LogP contribution in [0.3, 0.4) is 0 Å². The summed E-state index contributed by atoms with van der Waals surface area (Å²) in [7, 11) is 0. The smallest absolute Gasteiger partial charge is 0.335 e. The van der Waals surface area contributed by atoms with Gasteiger partial charge in [0, 0.05) is 12.1 Å². The van der Waals surface area contributed by atoms with Gasteiger partial charge in [0.1, 0.15) is 5.82 Å². The number of ether oxygens (including phenoxy) is 1. The molecule has 0 atom stereocenters. The van der Waals surface area contributed by atoms with Crippen LogP contribution in [0.4, 0.5) is 10.1 Å². The van der Waals surface area contributed by atoms with Crippen molar-refractivity contribution in [2.24, 2.45) is 0 Å². The lowest BCUT2D eigenvalue weighted by Gasteiger charge is -2.08. The Morgan fingerprint density at radius 3 is 2.81 bits per heavy atom. The number of benzene rings is 1. The zero-order valence-corrected chi connectivity index (χ0v) is 8.92. The van der Waals surface area contributed by atoms with Gasteiger partial charge in [0.2, 0.25) is 0 Å². The molecular formula is C12H12FNO2. The van der Waals surface area contributed by atoms with E-state index >= 15 is 0 Å². The standard InChI is InChI=1S/C12H12FNO2/c1-8(9-6-7-16-12(9)15)14-11-5-3-2-4-10(11)13/h2-5,14H,6-7H2,1H3/b9-8-. The van der Waals surface area contributed by atoms with Crippen LogP contribution >= 0.6 is 0 Å². The average molecular weight is 221 g/mol. The fourth-order valence-electron chi connectivity index (χ4n) is 1.62. The molecule has 84 valence electrons. The summed E-state index contributed by atoms with van der Waals surface area (Å²) in [5, 5.41) is 2.89. The Morgan fingerprint density at radius 2 is 2.19 bits per heavy atom. The maximum atomic E-state index is 13.3. The van der Waals surface area contributed by atoms with Crippen molar-refractivity contribution in [1.29, 1.82) is 0 Å². The number of carbonyl (C=O) groups is 1. The molecule has 1 aromatic rings. The first-order valence-corrected chi connectivity index (χ1v) is 5.07. The molecule has 0 unspecified atom stereocenters. The van der Waals surface area contributed by atoms with Crippen molar-refractivity contribution in [3.63, 3.8) is 0 Å². The quantitative estimate of drug-likeness (QED) is 0.615. The summed E-state index contributed by atoms with van der Waals surface area (Å²) in [4.78, 5) is 11.3. The fourth-order valence-corrected chi connectivity index (χ4v) is 1.62. The highest BCUT2D eigenvalue weighted by Gasteiger charge is 2.21. The molecule has 1 fully saturated rings. The monoisotopic (exact) mass is 221 g/mol. The first-order valence-electron chi connectivity index (χ1n) is 5.07. The number of nitrogens with one attached hydrogen (secondary N) is 1. The Labute approximate surface area is 92.9 Å². The van der Waals surface area contributed by atoms with Crippen molar-refractivity contribution in [3.05, 3.63) is 41.4 Å². The van der Waals surface area contributed by atoms with E-state index in [9.17, 15) is 9.18 Å². The van der Waals surface area contributed by atoms with Crippen LogP contribution in [0.15, 0.2) is 35.5 Å². The lowest BCUT2D eigenvalue weighted by Crippen LogP contribution is -2.05. The van der Waals surface area contributed by atoms with Gasteiger partial charge < -0.3 is 10.1 Å². The van der Waals surface area contributed by atoms with E-state index in [1.165, 1.54) is 6.07 Å². The molecular weight excluding hydrogens is 209 g/mol. The van der Waals surface area contributed by atoms with Crippen LogP contribution in [0, 0.1) is 5.82 Å². The van der Waals surface area contributed by atoms with Crippen LogP contribution in [0.1, 0.15) is 13.3 Å². The third-order valence-electron chi connectivity index (χ3n) is 2.48. The van der Waals surface area contributed by atoms with Gasteiger partial charge in [-0.1, -0.05) is 12.1 Å². The number of anilines is 1. The summed E-state index contributed by atoms with van der Waals surface area (Å²) in [6.07, 6.45) is 0.576. The van der Waals surface area contributed by atoms with Crippen molar-refractivity contribution in [2.75, 3.05) is 11.9 Å². The third kappa shape index (κ3) is 2.05. The second-order valence-corrected chi connectivity index (χ2v) is 3.59. The summed E-state index contributed by atoms with van der Waals surface area (Å²) in [5.74, 6) is -0.657. The molecule has 16 heavy (non-hydrogen) atoms. The fraction of sp³-hybridized carbons (Fsp3) is 0.250. The highest BCUT2D eigenvalue weighted by Crippen LogP contribution is 2.21. The maximum absolute atomic E-state index is 13.3. The highest BCUT2D eigenvalue weighted by atomic mass is 19.1. The predicted molar refractivity (Wildman–Crippen MR) is 58.3 cm³/mol. The molecule has 1 aliphatic heterocycles. The van der Waals surface area contributed by atoms with Gasteiger partial charge in [-0.2, -0.15) is 0 Å². The Kier molecular flexibility index (Phi) is 2.90. The Bertz CT molecular complexity index is 454. The van der Waals surface area contributed by atoms with Gasteiger partial charge in [-0.15, -0.1) is 0 Å². The largest absolute Gasteiger partial charge is 0.462 e. The lowest BCUT2D eigenvalue weighted by atomic mass is 10.2. The number of allylic oxidation sites excluding steroid dienone is 1. The molecule has 1 N–H and O–H groups in total. The zero-order chi connectivity index (χ0) is 11.5. The molecule has 0 radical (unpaired) electrons. The van der Waals surface area contributed by atoms with E-state index in [2.05, 4.69) is 5.32 Å². The second kappa shape index (κ2) is 4.35. The first-order chi connectivity index (χ1) is 7.68. The molecule has 1 aromatic carbocycles. The minimum absolute atomic E-state index is 0.318. The first kappa shape index (κ1) is 10.7. The number of hydrogen-bond acceptors (Lipinski definition) is 3. The van der Waals surface area contributed by atoms with Crippen molar-refractivity contribution in [2.45, 2.75) is 13.3 Å². The number of para-hydroxylation sites is 1. The van der Waals surface area contributed by atoms with Crippen molar-refractivity contribution in [1.82, 2.24) is 0 Å². The minimum Gasteiger partial charge on any atom is -0.462 e. The van der Waals surface area contributed by atoms with E-state index in [4.69, 9.17) is 4.74 Å². The molecule has 1 heterocycles. The molecule has 2 rings (SSSR count). The lowest BCUT2D eigenvalue weighted by molar-refractivity contribution is -0.135. The molecule has 1 saturated heterocycles. The van der Waals surface area contributed by atoms with Gasteiger partial charge in [0.05, 0.1) is 17.9 Å². The van der Waals surface area contributed by atoms with E-state index in [1.54, 1.807) is 25.1 Å². The van der Waals surface area contributed by atoms with Crippen molar-refractivity contribution in [3.8, 4) is 0 Å². The number of esters is 1.